The zero-order valence-electron chi connectivity index (χ0n) is 23.2. The van der Waals surface area contributed by atoms with E-state index in [0.29, 0.717) is 47.5 Å². The van der Waals surface area contributed by atoms with Crippen LogP contribution < -0.4 is 0 Å². The second kappa shape index (κ2) is 10.4. The quantitative estimate of drug-likeness (QED) is 0.447. The van der Waals surface area contributed by atoms with Crippen LogP contribution in [0.1, 0.15) is 95.3 Å². The van der Waals surface area contributed by atoms with Crippen LogP contribution in [-0.4, -0.2) is 36.4 Å². The van der Waals surface area contributed by atoms with Crippen LogP contribution in [0.3, 0.4) is 0 Å². The molecule has 0 aromatic heterocycles. The molecule has 0 heterocycles. The highest BCUT2D eigenvalue weighted by atomic mass is 16.5. The first-order valence-electron chi connectivity index (χ1n) is 14.7. The number of hydrogen-bond donors (Lipinski definition) is 1. The number of esters is 2. The van der Waals surface area contributed by atoms with Crippen molar-refractivity contribution in [2.75, 3.05) is 7.11 Å². The van der Waals surface area contributed by atoms with Crippen molar-refractivity contribution in [1.82, 2.24) is 0 Å². The highest BCUT2D eigenvalue weighted by Crippen LogP contribution is 2.68. The van der Waals surface area contributed by atoms with E-state index in [1.807, 2.05) is 30.3 Å². The lowest BCUT2D eigenvalue weighted by Crippen LogP contribution is -2.59. The Morgan fingerprint density at radius 1 is 1.03 bits per heavy atom. The number of carbonyl (C=O) groups excluding carboxylic acids is 2. The molecule has 1 N–H and O–H groups in total. The van der Waals surface area contributed by atoms with Gasteiger partial charge in [-0.25, -0.2) is 4.79 Å². The van der Waals surface area contributed by atoms with Gasteiger partial charge in [-0.2, -0.15) is 0 Å². The number of fused-ring (bicyclic) bond motifs is 5. The fourth-order valence-electron chi connectivity index (χ4n) is 9.69. The smallest absolute Gasteiger partial charge is 0.338 e. The van der Waals surface area contributed by atoms with Crippen molar-refractivity contribution in [2.45, 2.75) is 97.2 Å². The van der Waals surface area contributed by atoms with Gasteiger partial charge >= 0.3 is 11.9 Å². The third kappa shape index (κ3) is 4.64. The molecule has 4 aliphatic carbocycles. The number of hydrogen-bond acceptors (Lipinski definition) is 5. The van der Waals surface area contributed by atoms with Gasteiger partial charge in [-0.15, -0.1) is 0 Å². The molecule has 5 nitrogen and oxygen atoms in total. The van der Waals surface area contributed by atoms with Crippen LogP contribution in [0.15, 0.2) is 30.3 Å². The fourth-order valence-corrected chi connectivity index (χ4v) is 9.69. The molecular weight excluding hydrogens is 464 g/mol. The SMILES string of the molecule is COC(=O)CC[C@@H](C)[C@@H]1CC[C@H]2[C@H]3CC[C@H]4C[C@H](OC(=O)c5ccccc5)CC[C@]4(C)[C@@H]3C[C@H](O)[C@@]21C. The summed E-state index contributed by atoms with van der Waals surface area (Å²) in [5.74, 6) is 2.82. The van der Waals surface area contributed by atoms with E-state index in [1.165, 1.54) is 26.4 Å². The lowest BCUT2D eigenvalue weighted by molar-refractivity contribution is -0.175. The summed E-state index contributed by atoms with van der Waals surface area (Å²) in [5, 5.41) is 11.8. The van der Waals surface area contributed by atoms with Crippen molar-refractivity contribution < 1.29 is 24.2 Å². The molecule has 37 heavy (non-hydrogen) atoms. The van der Waals surface area contributed by atoms with Crippen LogP contribution >= 0.6 is 0 Å². The van der Waals surface area contributed by atoms with Crippen LogP contribution in [0.2, 0.25) is 0 Å². The maximum Gasteiger partial charge on any atom is 0.338 e. The van der Waals surface area contributed by atoms with Gasteiger partial charge in [-0.3, -0.25) is 4.79 Å². The molecule has 204 valence electrons. The zero-order valence-corrected chi connectivity index (χ0v) is 23.2. The maximum atomic E-state index is 12.7. The molecule has 0 aliphatic heterocycles. The molecule has 0 radical (unpaired) electrons. The lowest BCUT2D eigenvalue weighted by atomic mass is 9.43. The van der Waals surface area contributed by atoms with Gasteiger partial charge in [0.1, 0.15) is 6.10 Å². The monoisotopic (exact) mass is 510 g/mol. The summed E-state index contributed by atoms with van der Waals surface area (Å²) in [6, 6.07) is 9.33. The number of benzene rings is 1. The molecule has 0 bridgehead atoms. The number of ether oxygens (including phenoxy) is 2. The van der Waals surface area contributed by atoms with Crippen molar-refractivity contribution in [2.24, 2.45) is 46.3 Å². The Hall–Kier alpha value is -1.88. The van der Waals surface area contributed by atoms with Crippen molar-refractivity contribution in [3.63, 3.8) is 0 Å². The van der Waals surface area contributed by atoms with Crippen molar-refractivity contribution in [1.29, 1.82) is 0 Å². The Bertz CT molecular complexity index is 977. The molecule has 0 unspecified atom stereocenters. The number of methoxy groups -OCH3 is 1. The standard InChI is InChI=1S/C32H46O5/c1-20(10-15-29(34)36-4)25-13-14-26-24-12-11-22-18-23(37-30(35)21-8-6-5-7-9-21)16-17-31(22,2)27(24)19-28(33)32(25,26)3/h5-9,20,22-28,33H,10-19H2,1-4H3/t20-,22+,23-,24-,25+,26+,27-,28+,31+,32-/m1/s1. The lowest BCUT2D eigenvalue weighted by Gasteiger charge is -2.62. The van der Waals surface area contributed by atoms with Gasteiger partial charge in [0.2, 0.25) is 0 Å². The highest BCUT2D eigenvalue weighted by Gasteiger charge is 2.63. The average Bonchev–Trinajstić information content (AvgIpc) is 3.27. The van der Waals surface area contributed by atoms with E-state index in [-0.39, 0.29) is 35.0 Å². The second-order valence-corrected chi connectivity index (χ2v) is 13.2. The summed E-state index contributed by atoms with van der Waals surface area (Å²) in [6.45, 7) is 7.11. The van der Waals surface area contributed by atoms with E-state index < -0.39 is 0 Å². The first-order chi connectivity index (χ1) is 17.7. The minimum Gasteiger partial charge on any atom is -0.469 e. The van der Waals surface area contributed by atoms with Crippen LogP contribution in [0.4, 0.5) is 0 Å². The molecule has 0 spiro atoms. The molecule has 5 rings (SSSR count). The van der Waals surface area contributed by atoms with E-state index in [1.54, 1.807) is 0 Å². The summed E-state index contributed by atoms with van der Waals surface area (Å²) >= 11 is 0. The van der Waals surface area contributed by atoms with Gasteiger partial charge in [-0.1, -0.05) is 39.0 Å². The Morgan fingerprint density at radius 2 is 1.78 bits per heavy atom. The molecule has 1 aromatic rings. The van der Waals surface area contributed by atoms with E-state index in [2.05, 4.69) is 20.8 Å². The summed E-state index contributed by atoms with van der Waals surface area (Å²) in [7, 11) is 1.46. The summed E-state index contributed by atoms with van der Waals surface area (Å²) < 4.78 is 10.9. The average molecular weight is 511 g/mol. The first kappa shape index (κ1) is 26.7. The Balaban J connectivity index is 1.27. The normalized spacial score (nSPS) is 41.6. The molecule has 5 heteroatoms. The van der Waals surface area contributed by atoms with Crippen LogP contribution in [-0.2, 0) is 14.3 Å². The first-order valence-corrected chi connectivity index (χ1v) is 14.7. The van der Waals surface area contributed by atoms with Crippen LogP contribution in [0.5, 0.6) is 0 Å². The minimum atomic E-state index is -0.295. The van der Waals surface area contributed by atoms with E-state index in [0.717, 1.165) is 38.5 Å². The highest BCUT2D eigenvalue weighted by molar-refractivity contribution is 5.89. The second-order valence-electron chi connectivity index (χ2n) is 13.2. The van der Waals surface area contributed by atoms with Gasteiger partial charge in [0.15, 0.2) is 0 Å². The number of aliphatic hydroxyl groups excluding tert-OH is 1. The van der Waals surface area contributed by atoms with Crippen LogP contribution in [0.25, 0.3) is 0 Å². The van der Waals surface area contributed by atoms with Gasteiger partial charge < -0.3 is 14.6 Å². The molecule has 1 aromatic carbocycles. The Kier molecular flexibility index (Phi) is 7.48. The van der Waals surface area contributed by atoms with Gasteiger partial charge in [-0.05, 0) is 116 Å². The van der Waals surface area contributed by atoms with Crippen molar-refractivity contribution in [3.8, 4) is 0 Å². The molecule has 4 fully saturated rings. The van der Waals surface area contributed by atoms with Crippen LogP contribution in [0, 0.1) is 46.3 Å². The predicted molar refractivity (Wildman–Crippen MR) is 143 cm³/mol. The van der Waals surface area contributed by atoms with Crippen molar-refractivity contribution in [3.05, 3.63) is 35.9 Å². The van der Waals surface area contributed by atoms with Gasteiger partial charge in [0.05, 0.1) is 18.8 Å². The fraction of sp³-hybridized carbons (Fsp3) is 0.750. The van der Waals surface area contributed by atoms with E-state index in [4.69, 9.17) is 9.47 Å². The zero-order chi connectivity index (χ0) is 26.4. The van der Waals surface area contributed by atoms with E-state index >= 15 is 0 Å². The third-order valence-corrected chi connectivity index (χ3v) is 11.8. The molecule has 10 atom stereocenters. The molecule has 0 amide bonds. The molecule has 4 aliphatic rings. The summed E-state index contributed by atoms with van der Waals surface area (Å²) in [4.78, 5) is 24.5. The largest absolute Gasteiger partial charge is 0.469 e. The number of rotatable bonds is 6. The van der Waals surface area contributed by atoms with Gasteiger partial charge in [0.25, 0.3) is 0 Å². The molecular formula is C32H46O5. The molecule has 0 saturated heterocycles. The topological polar surface area (TPSA) is 72.8 Å². The van der Waals surface area contributed by atoms with Gasteiger partial charge in [0, 0.05) is 6.42 Å². The Labute approximate surface area is 222 Å². The summed E-state index contributed by atoms with van der Waals surface area (Å²) in [5.41, 5.74) is 0.767. The Morgan fingerprint density at radius 3 is 2.51 bits per heavy atom. The van der Waals surface area contributed by atoms with Crippen molar-refractivity contribution >= 4 is 11.9 Å². The number of aliphatic hydroxyl groups is 1. The maximum absolute atomic E-state index is 12.7. The molecule has 4 saturated carbocycles. The number of carbonyl (C=O) groups is 2. The minimum absolute atomic E-state index is 0.00682. The summed E-state index contributed by atoms with van der Waals surface area (Å²) in [6.07, 6.45) is 9.59. The van der Waals surface area contributed by atoms with E-state index in [9.17, 15) is 14.7 Å². The third-order valence-electron chi connectivity index (χ3n) is 11.8. The predicted octanol–water partition coefficient (Wildman–Crippen LogP) is 6.43.